The summed E-state index contributed by atoms with van der Waals surface area (Å²) in [5.74, 6) is 1.99. The number of para-hydroxylation sites is 2. The first-order valence-corrected chi connectivity index (χ1v) is 12.9. The molecule has 0 radical (unpaired) electrons. The third kappa shape index (κ3) is 5.16. The molecule has 0 bridgehead atoms. The number of benzene rings is 3. The Morgan fingerprint density at radius 3 is 2.41 bits per heavy atom. The van der Waals surface area contributed by atoms with Crippen molar-refractivity contribution in [2.24, 2.45) is 0 Å². The van der Waals surface area contributed by atoms with Crippen LogP contribution in [-0.2, 0) is 6.42 Å². The van der Waals surface area contributed by atoms with E-state index in [2.05, 4.69) is 5.32 Å². The molecule has 0 fully saturated rings. The Balaban J connectivity index is 1.47. The van der Waals surface area contributed by atoms with E-state index in [-0.39, 0.29) is 17.3 Å². The van der Waals surface area contributed by atoms with Gasteiger partial charge in [-0.05, 0) is 62.2 Å². The largest absolute Gasteiger partial charge is 0.497 e. The number of hydrogen-bond acceptors (Lipinski definition) is 7. The van der Waals surface area contributed by atoms with Crippen molar-refractivity contribution >= 4 is 33.9 Å². The average molecular weight is 526 g/mol. The zero-order chi connectivity index (χ0) is 27.4. The number of anilines is 1. The summed E-state index contributed by atoms with van der Waals surface area (Å²) in [4.78, 5) is 23.2. The lowest BCUT2D eigenvalue weighted by atomic mass is 10.1. The predicted molar refractivity (Wildman–Crippen MR) is 152 cm³/mol. The molecule has 0 aliphatic heterocycles. The van der Waals surface area contributed by atoms with Gasteiger partial charge in [-0.25, -0.2) is 9.97 Å². The Labute approximate surface area is 226 Å². The second kappa shape index (κ2) is 11.3. The Morgan fingerprint density at radius 2 is 1.67 bits per heavy atom. The van der Waals surface area contributed by atoms with Crippen LogP contribution in [0.4, 0.5) is 5.82 Å². The van der Waals surface area contributed by atoms with Gasteiger partial charge in [0.1, 0.15) is 22.6 Å². The molecule has 9 nitrogen and oxygen atoms in total. The highest BCUT2D eigenvalue weighted by molar-refractivity contribution is 6.11. The quantitative estimate of drug-likeness (QED) is 0.266. The van der Waals surface area contributed by atoms with Crippen LogP contribution < -0.4 is 25.3 Å². The topological polar surface area (TPSA) is 114 Å². The van der Waals surface area contributed by atoms with Gasteiger partial charge in [-0.15, -0.1) is 0 Å². The van der Waals surface area contributed by atoms with Gasteiger partial charge in [-0.1, -0.05) is 24.3 Å². The monoisotopic (exact) mass is 525 g/mol. The minimum Gasteiger partial charge on any atom is -0.497 e. The van der Waals surface area contributed by atoms with Gasteiger partial charge in [0.2, 0.25) is 0 Å². The van der Waals surface area contributed by atoms with Crippen LogP contribution in [0.1, 0.15) is 29.8 Å². The fourth-order valence-corrected chi connectivity index (χ4v) is 4.56. The number of rotatable bonds is 10. The van der Waals surface area contributed by atoms with Crippen molar-refractivity contribution in [1.29, 1.82) is 0 Å². The van der Waals surface area contributed by atoms with Crippen LogP contribution in [0, 0.1) is 0 Å². The highest BCUT2D eigenvalue weighted by Crippen LogP contribution is 2.32. The molecule has 5 aromatic rings. The number of nitrogen functional groups attached to an aromatic ring is 1. The highest BCUT2D eigenvalue weighted by atomic mass is 16.5. The van der Waals surface area contributed by atoms with Crippen molar-refractivity contribution in [2.75, 3.05) is 32.6 Å². The lowest BCUT2D eigenvalue weighted by Gasteiger charge is -2.13. The number of nitrogens with one attached hydrogen (secondary N) is 1. The van der Waals surface area contributed by atoms with Crippen molar-refractivity contribution in [3.63, 3.8) is 0 Å². The molecule has 1 amide bonds. The zero-order valence-corrected chi connectivity index (χ0v) is 22.2. The van der Waals surface area contributed by atoms with E-state index in [1.807, 2.05) is 80.6 Å². The molecule has 3 N–H and O–H groups in total. The van der Waals surface area contributed by atoms with Crippen LogP contribution in [0.2, 0.25) is 0 Å². The predicted octanol–water partition coefficient (Wildman–Crippen LogP) is 4.93. The Hall–Kier alpha value is -4.79. The first kappa shape index (κ1) is 25.8. The number of nitrogens with two attached hydrogens (primary N) is 1. The third-order valence-electron chi connectivity index (χ3n) is 6.34. The summed E-state index contributed by atoms with van der Waals surface area (Å²) >= 11 is 0. The normalized spacial score (nSPS) is 11.1. The number of amides is 1. The van der Waals surface area contributed by atoms with Crippen molar-refractivity contribution in [2.45, 2.75) is 20.3 Å². The van der Waals surface area contributed by atoms with Crippen molar-refractivity contribution in [3.8, 4) is 22.9 Å². The van der Waals surface area contributed by atoms with Crippen LogP contribution in [0.5, 0.6) is 17.2 Å². The molecule has 9 heteroatoms. The van der Waals surface area contributed by atoms with Gasteiger partial charge in [-0.3, -0.25) is 9.36 Å². The van der Waals surface area contributed by atoms with Gasteiger partial charge in [0.15, 0.2) is 17.1 Å². The molecular weight excluding hydrogens is 494 g/mol. The van der Waals surface area contributed by atoms with Crippen molar-refractivity contribution in [3.05, 3.63) is 77.9 Å². The van der Waals surface area contributed by atoms with Crippen LogP contribution in [0.3, 0.4) is 0 Å². The van der Waals surface area contributed by atoms with E-state index in [1.54, 1.807) is 11.7 Å². The smallest absolute Gasteiger partial charge is 0.257 e. The van der Waals surface area contributed by atoms with E-state index in [9.17, 15) is 4.79 Å². The van der Waals surface area contributed by atoms with E-state index in [1.165, 1.54) is 0 Å². The van der Waals surface area contributed by atoms with Gasteiger partial charge >= 0.3 is 0 Å². The maximum absolute atomic E-state index is 13.5. The summed E-state index contributed by atoms with van der Waals surface area (Å²) in [6.45, 7) is 5.35. The molecule has 0 aliphatic carbocycles. The average Bonchev–Trinajstić information content (AvgIpc) is 3.23. The number of methoxy groups -OCH3 is 1. The molecule has 5 rings (SSSR count). The molecule has 0 spiro atoms. The Morgan fingerprint density at radius 1 is 0.923 bits per heavy atom. The summed E-state index contributed by atoms with van der Waals surface area (Å²) in [6.07, 6.45) is 0.598. The third-order valence-corrected chi connectivity index (χ3v) is 6.34. The lowest BCUT2D eigenvalue weighted by molar-refractivity contribution is 0.0956. The second-order valence-corrected chi connectivity index (χ2v) is 8.83. The van der Waals surface area contributed by atoms with Gasteiger partial charge in [0, 0.05) is 12.6 Å². The number of carbonyl (C=O) groups excluding carboxylic acids is 1. The summed E-state index contributed by atoms with van der Waals surface area (Å²) in [5.41, 5.74) is 11.0. The van der Waals surface area contributed by atoms with E-state index in [0.29, 0.717) is 65.6 Å². The first-order valence-electron chi connectivity index (χ1n) is 12.9. The maximum Gasteiger partial charge on any atom is 0.257 e. The molecule has 39 heavy (non-hydrogen) atoms. The Kier molecular flexibility index (Phi) is 7.49. The molecular formula is C30H31N5O4. The standard InChI is InChI=1S/C30H31N5O4/c1-4-38-24-14-13-19(17-25(24)39-5-2)15-16-32-30(36)26-27-29(34-23-12-7-6-11-22(23)33-27)35(28(26)31)20-9-8-10-21(18-20)37-3/h6-14,17-18H,4-5,15-16,31H2,1-3H3,(H,32,36). The number of carbonyl (C=O) groups is 1. The highest BCUT2D eigenvalue weighted by Gasteiger charge is 2.25. The molecule has 200 valence electrons. The first-order chi connectivity index (χ1) is 19.0. The van der Waals surface area contributed by atoms with Crippen LogP contribution in [-0.4, -0.2) is 47.3 Å². The fourth-order valence-electron chi connectivity index (χ4n) is 4.56. The van der Waals surface area contributed by atoms with Gasteiger partial charge in [-0.2, -0.15) is 0 Å². The molecule has 0 unspecified atom stereocenters. The van der Waals surface area contributed by atoms with E-state index < -0.39 is 0 Å². The number of nitrogens with zero attached hydrogens (tertiary/aromatic N) is 3. The fraction of sp³-hybridized carbons (Fsp3) is 0.233. The molecule has 0 atom stereocenters. The van der Waals surface area contributed by atoms with Crippen LogP contribution in [0.15, 0.2) is 66.7 Å². The summed E-state index contributed by atoms with van der Waals surface area (Å²) in [6, 6.07) is 20.8. The van der Waals surface area contributed by atoms with Crippen LogP contribution in [0.25, 0.3) is 27.9 Å². The molecule has 2 heterocycles. The molecule has 0 saturated carbocycles. The zero-order valence-electron chi connectivity index (χ0n) is 22.2. The lowest BCUT2D eigenvalue weighted by Crippen LogP contribution is -2.26. The molecule has 0 aliphatic rings. The molecule has 2 aromatic heterocycles. The summed E-state index contributed by atoms with van der Waals surface area (Å²) < 4.78 is 18.5. The number of aromatic nitrogens is 3. The van der Waals surface area contributed by atoms with E-state index in [0.717, 1.165) is 11.3 Å². The number of hydrogen-bond donors (Lipinski definition) is 2. The minimum absolute atomic E-state index is 0.255. The SMILES string of the molecule is CCOc1ccc(CCNC(=O)c2c(N)n(-c3cccc(OC)c3)c3nc4ccccc4nc23)cc1OCC. The van der Waals surface area contributed by atoms with Gasteiger partial charge in [0.25, 0.3) is 5.91 Å². The van der Waals surface area contributed by atoms with Crippen LogP contribution >= 0.6 is 0 Å². The van der Waals surface area contributed by atoms with E-state index >= 15 is 0 Å². The summed E-state index contributed by atoms with van der Waals surface area (Å²) in [7, 11) is 1.60. The Bertz CT molecular complexity index is 1650. The second-order valence-electron chi connectivity index (χ2n) is 8.83. The van der Waals surface area contributed by atoms with Crippen molar-refractivity contribution < 1.29 is 19.0 Å². The minimum atomic E-state index is -0.320. The van der Waals surface area contributed by atoms with Gasteiger partial charge < -0.3 is 25.3 Å². The van der Waals surface area contributed by atoms with Crippen molar-refractivity contribution in [1.82, 2.24) is 19.9 Å². The number of ether oxygens (including phenoxy) is 3. The van der Waals surface area contributed by atoms with E-state index in [4.69, 9.17) is 29.9 Å². The van der Waals surface area contributed by atoms with Gasteiger partial charge in [0.05, 0.1) is 37.0 Å². The number of fused-ring (bicyclic) bond motifs is 2. The maximum atomic E-state index is 13.5. The summed E-state index contributed by atoms with van der Waals surface area (Å²) in [5, 5.41) is 3.01. The molecule has 0 saturated heterocycles. The molecule has 3 aromatic carbocycles.